The van der Waals surface area contributed by atoms with E-state index in [1.165, 1.54) is 0 Å². The maximum Gasteiger partial charge on any atom is 0.409 e. The molecule has 3 N–H and O–H groups in total. The van der Waals surface area contributed by atoms with Crippen molar-refractivity contribution < 1.29 is 14.3 Å². The summed E-state index contributed by atoms with van der Waals surface area (Å²) in [7, 11) is 1.63. The van der Waals surface area contributed by atoms with E-state index >= 15 is 0 Å². The van der Waals surface area contributed by atoms with Crippen molar-refractivity contribution in [3.63, 3.8) is 0 Å². The fraction of sp³-hybridized carbons (Fsp3) is 0.529. The standard InChI is InChI=1S/C17H25BrN4O3/c1-3-25-17(23)22-8-6-14(7-9-22)21-16(19)20-11-12-10-13(18)4-5-15(12)24-2/h4-5,10,14H,3,6-9,11H2,1-2H3,(H3,19,20,21). The summed E-state index contributed by atoms with van der Waals surface area (Å²) in [5.74, 6) is 1.18. The number of ether oxygens (including phenoxy) is 2. The zero-order valence-corrected chi connectivity index (χ0v) is 16.2. The molecule has 0 atom stereocenters. The number of aliphatic imine (C=N–C) groups is 1. The third-order valence-corrected chi connectivity index (χ3v) is 4.53. The van der Waals surface area contributed by atoms with Crippen LogP contribution in [-0.4, -0.2) is 49.8 Å². The second kappa shape index (κ2) is 9.50. The molecule has 0 aliphatic carbocycles. The molecule has 0 unspecified atom stereocenters. The first kappa shape index (κ1) is 19.4. The minimum absolute atomic E-state index is 0.207. The number of hydrogen-bond acceptors (Lipinski definition) is 4. The van der Waals surface area contributed by atoms with E-state index in [0.29, 0.717) is 32.2 Å². The van der Waals surface area contributed by atoms with E-state index in [2.05, 4.69) is 26.2 Å². The number of nitrogens with zero attached hydrogens (tertiary/aromatic N) is 2. The van der Waals surface area contributed by atoms with Crippen molar-refractivity contribution in [3.8, 4) is 5.75 Å². The van der Waals surface area contributed by atoms with E-state index in [-0.39, 0.29) is 12.1 Å². The Morgan fingerprint density at radius 2 is 2.16 bits per heavy atom. The Kier molecular flexibility index (Phi) is 7.36. The highest BCUT2D eigenvalue weighted by molar-refractivity contribution is 9.10. The molecule has 1 aromatic rings. The van der Waals surface area contributed by atoms with Gasteiger partial charge in [0.15, 0.2) is 5.96 Å². The molecule has 7 nitrogen and oxygen atoms in total. The van der Waals surface area contributed by atoms with Crippen LogP contribution in [0, 0.1) is 0 Å². The smallest absolute Gasteiger partial charge is 0.409 e. The lowest BCUT2D eigenvalue weighted by Crippen LogP contribution is -2.48. The highest BCUT2D eigenvalue weighted by Gasteiger charge is 2.23. The number of amides is 1. The van der Waals surface area contributed by atoms with E-state index in [1.54, 1.807) is 12.0 Å². The van der Waals surface area contributed by atoms with Crippen molar-refractivity contribution >= 4 is 28.0 Å². The average molecular weight is 413 g/mol. The van der Waals surface area contributed by atoms with Gasteiger partial charge in [0.2, 0.25) is 0 Å². The maximum absolute atomic E-state index is 11.7. The number of carbonyl (C=O) groups is 1. The van der Waals surface area contributed by atoms with Crippen molar-refractivity contribution in [1.82, 2.24) is 10.2 Å². The van der Waals surface area contributed by atoms with E-state index in [1.807, 2.05) is 25.1 Å². The van der Waals surface area contributed by atoms with E-state index in [4.69, 9.17) is 15.2 Å². The number of halogens is 1. The fourth-order valence-electron chi connectivity index (χ4n) is 2.72. The van der Waals surface area contributed by atoms with Crippen LogP contribution in [0.15, 0.2) is 27.7 Å². The number of carbonyl (C=O) groups excluding carboxylic acids is 1. The van der Waals surface area contributed by atoms with E-state index in [0.717, 1.165) is 28.6 Å². The Labute approximate surface area is 156 Å². The summed E-state index contributed by atoms with van der Waals surface area (Å²) in [5.41, 5.74) is 6.96. The van der Waals surface area contributed by atoms with Gasteiger partial charge in [-0.2, -0.15) is 0 Å². The van der Waals surface area contributed by atoms with Gasteiger partial charge in [-0.25, -0.2) is 9.79 Å². The number of benzene rings is 1. The quantitative estimate of drug-likeness (QED) is 0.572. The van der Waals surface area contributed by atoms with Gasteiger partial charge in [0.1, 0.15) is 5.75 Å². The third-order valence-electron chi connectivity index (χ3n) is 4.04. The first-order valence-corrected chi connectivity index (χ1v) is 9.13. The van der Waals surface area contributed by atoms with Crippen molar-refractivity contribution in [2.24, 2.45) is 10.7 Å². The van der Waals surface area contributed by atoms with Gasteiger partial charge in [-0.05, 0) is 38.0 Å². The number of nitrogens with one attached hydrogen (secondary N) is 1. The molecule has 1 amide bonds. The van der Waals surface area contributed by atoms with Gasteiger partial charge < -0.3 is 25.4 Å². The van der Waals surface area contributed by atoms with Gasteiger partial charge >= 0.3 is 6.09 Å². The summed E-state index contributed by atoms with van der Waals surface area (Å²) in [5, 5.41) is 3.23. The summed E-state index contributed by atoms with van der Waals surface area (Å²) in [6, 6.07) is 5.99. The van der Waals surface area contributed by atoms with Gasteiger partial charge in [0.25, 0.3) is 0 Å². The Balaban J connectivity index is 1.84. The molecule has 25 heavy (non-hydrogen) atoms. The molecule has 1 aliphatic heterocycles. The Morgan fingerprint density at radius 3 is 2.80 bits per heavy atom. The summed E-state index contributed by atoms with van der Waals surface area (Å²) in [6.07, 6.45) is 1.38. The van der Waals surface area contributed by atoms with Crippen molar-refractivity contribution in [3.05, 3.63) is 28.2 Å². The van der Waals surface area contributed by atoms with Crippen LogP contribution in [0.1, 0.15) is 25.3 Å². The lowest BCUT2D eigenvalue weighted by Gasteiger charge is -2.31. The van der Waals surface area contributed by atoms with E-state index in [9.17, 15) is 4.79 Å². The molecule has 0 spiro atoms. The SMILES string of the molecule is CCOC(=O)N1CCC(NC(N)=NCc2cc(Br)ccc2OC)CC1. The van der Waals surface area contributed by atoms with Gasteiger partial charge in [0.05, 0.1) is 20.3 Å². The van der Waals surface area contributed by atoms with Gasteiger partial charge in [-0.1, -0.05) is 15.9 Å². The Bertz CT molecular complexity index is 616. The van der Waals surface area contributed by atoms with Crippen molar-refractivity contribution in [1.29, 1.82) is 0 Å². The summed E-state index contributed by atoms with van der Waals surface area (Å²) in [6.45, 7) is 3.95. The van der Waals surface area contributed by atoms with Crippen molar-refractivity contribution in [2.75, 3.05) is 26.8 Å². The molecule has 0 aromatic heterocycles. The average Bonchev–Trinajstić information content (AvgIpc) is 2.61. The zero-order valence-electron chi connectivity index (χ0n) is 14.6. The van der Waals surface area contributed by atoms with Crippen LogP contribution in [0.4, 0.5) is 4.79 Å². The van der Waals surface area contributed by atoms with Crippen LogP contribution in [0.5, 0.6) is 5.75 Å². The molecule has 0 saturated carbocycles. The number of hydrogen-bond donors (Lipinski definition) is 2. The molecular weight excluding hydrogens is 388 g/mol. The minimum Gasteiger partial charge on any atom is -0.496 e. The molecule has 1 aromatic carbocycles. The molecule has 1 aliphatic rings. The second-order valence-electron chi connectivity index (χ2n) is 5.76. The highest BCUT2D eigenvalue weighted by atomic mass is 79.9. The summed E-state index contributed by atoms with van der Waals surface area (Å²) in [4.78, 5) is 17.8. The molecule has 0 bridgehead atoms. The number of rotatable bonds is 5. The maximum atomic E-state index is 11.7. The first-order valence-electron chi connectivity index (χ1n) is 8.34. The Hall–Kier alpha value is -1.96. The molecule has 8 heteroatoms. The summed E-state index contributed by atoms with van der Waals surface area (Å²) < 4.78 is 11.3. The Morgan fingerprint density at radius 1 is 1.44 bits per heavy atom. The van der Waals surface area contributed by atoms with Crippen LogP contribution in [0.3, 0.4) is 0 Å². The number of guanidine groups is 1. The fourth-order valence-corrected chi connectivity index (χ4v) is 3.13. The predicted octanol–water partition coefficient (Wildman–Crippen LogP) is 2.48. The number of likely N-dealkylation sites (tertiary alicyclic amines) is 1. The normalized spacial score (nSPS) is 15.8. The van der Waals surface area contributed by atoms with Crippen LogP contribution in [0.2, 0.25) is 0 Å². The number of methoxy groups -OCH3 is 1. The van der Waals surface area contributed by atoms with Crippen molar-refractivity contribution in [2.45, 2.75) is 32.4 Å². The molecular formula is C17H25BrN4O3. The summed E-state index contributed by atoms with van der Waals surface area (Å²) >= 11 is 3.45. The lowest BCUT2D eigenvalue weighted by molar-refractivity contribution is 0.0963. The monoisotopic (exact) mass is 412 g/mol. The molecule has 1 fully saturated rings. The largest absolute Gasteiger partial charge is 0.496 e. The third kappa shape index (κ3) is 5.81. The minimum atomic E-state index is -0.246. The lowest BCUT2D eigenvalue weighted by atomic mass is 10.1. The van der Waals surface area contributed by atoms with E-state index < -0.39 is 0 Å². The highest BCUT2D eigenvalue weighted by Crippen LogP contribution is 2.23. The van der Waals surface area contributed by atoms with Crippen LogP contribution < -0.4 is 15.8 Å². The number of nitrogens with two attached hydrogens (primary N) is 1. The molecule has 1 saturated heterocycles. The second-order valence-corrected chi connectivity index (χ2v) is 6.68. The predicted molar refractivity (Wildman–Crippen MR) is 101 cm³/mol. The van der Waals surface area contributed by atoms with Gasteiger partial charge in [-0.15, -0.1) is 0 Å². The first-order chi connectivity index (χ1) is 12.0. The number of piperidine rings is 1. The van der Waals surface area contributed by atoms with Gasteiger partial charge in [0, 0.05) is 29.2 Å². The topological polar surface area (TPSA) is 89.2 Å². The molecule has 138 valence electrons. The van der Waals surface area contributed by atoms with Crippen LogP contribution >= 0.6 is 15.9 Å². The zero-order chi connectivity index (χ0) is 18.2. The van der Waals surface area contributed by atoms with Crippen LogP contribution in [0.25, 0.3) is 0 Å². The molecule has 2 rings (SSSR count). The molecule has 0 radical (unpaired) electrons. The van der Waals surface area contributed by atoms with Gasteiger partial charge in [-0.3, -0.25) is 0 Å². The molecule has 1 heterocycles. The van der Waals surface area contributed by atoms with Crippen LogP contribution in [-0.2, 0) is 11.3 Å².